The van der Waals surface area contributed by atoms with Crippen LogP contribution in [0, 0.1) is 0 Å². The molecule has 3 nitrogen and oxygen atoms in total. The predicted octanol–water partition coefficient (Wildman–Crippen LogP) is 10.9. The molecular formula is C46H29N3. The van der Waals surface area contributed by atoms with Crippen molar-refractivity contribution in [3.63, 3.8) is 0 Å². The van der Waals surface area contributed by atoms with Crippen LogP contribution in [0.25, 0.3) is 67.5 Å². The van der Waals surface area contributed by atoms with Gasteiger partial charge in [-0.3, -0.25) is 0 Å². The Hall–Kier alpha value is -6.45. The molecule has 49 heavy (non-hydrogen) atoms. The summed E-state index contributed by atoms with van der Waals surface area (Å²) in [5.74, 6) is 1.96. The highest BCUT2D eigenvalue weighted by Gasteiger charge is 2.51. The molecule has 8 aromatic rings. The fraction of sp³-hybridized carbons (Fsp3) is 0.0217. The van der Waals surface area contributed by atoms with E-state index in [-0.39, 0.29) is 0 Å². The Bertz CT molecular complexity index is 2470. The maximum atomic E-state index is 5.16. The largest absolute Gasteiger partial charge is 0.208 e. The van der Waals surface area contributed by atoms with Crippen molar-refractivity contribution >= 4 is 0 Å². The number of benzene rings is 7. The molecular weight excluding hydrogens is 595 g/mol. The Kier molecular flexibility index (Phi) is 6.09. The minimum Gasteiger partial charge on any atom is -0.208 e. The standard InChI is InChI=1S/C46H29N3/c1-3-13-30(14-4-1)31-23-25-33(26-24-31)44-47-43(32-15-5-2-6-16-32)48-45(49-44)34-27-28-38-37-19-9-12-22-41(37)46(42(38)29-34)39-20-10-7-17-35(39)36-18-8-11-21-40(36)46/h1-29H. The smallest absolute Gasteiger partial charge is 0.164 e. The molecule has 0 saturated carbocycles. The number of aromatic nitrogens is 3. The van der Waals surface area contributed by atoms with Crippen molar-refractivity contribution < 1.29 is 0 Å². The number of rotatable bonds is 4. The van der Waals surface area contributed by atoms with Crippen molar-refractivity contribution in [2.75, 3.05) is 0 Å². The van der Waals surface area contributed by atoms with E-state index in [0.29, 0.717) is 17.5 Å². The molecule has 0 N–H and O–H groups in total. The topological polar surface area (TPSA) is 38.7 Å². The molecule has 0 saturated heterocycles. The second kappa shape index (κ2) is 10.8. The average Bonchev–Trinajstić information content (AvgIpc) is 3.66. The van der Waals surface area contributed by atoms with E-state index >= 15 is 0 Å². The molecule has 0 fully saturated rings. The van der Waals surface area contributed by atoms with Crippen LogP contribution in [-0.4, -0.2) is 15.0 Å². The zero-order chi connectivity index (χ0) is 32.4. The van der Waals surface area contributed by atoms with Gasteiger partial charge in [0.1, 0.15) is 0 Å². The number of nitrogens with zero attached hydrogens (tertiary/aromatic N) is 3. The molecule has 1 spiro atoms. The van der Waals surface area contributed by atoms with Gasteiger partial charge in [0, 0.05) is 16.7 Å². The van der Waals surface area contributed by atoms with Crippen LogP contribution in [0.2, 0.25) is 0 Å². The second-order valence-electron chi connectivity index (χ2n) is 12.8. The Morgan fingerprint density at radius 2 is 0.612 bits per heavy atom. The minimum atomic E-state index is -0.430. The lowest BCUT2D eigenvalue weighted by molar-refractivity contribution is 0.794. The van der Waals surface area contributed by atoms with E-state index in [1.807, 2.05) is 24.3 Å². The van der Waals surface area contributed by atoms with E-state index in [9.17, 15) is 0 Å². The van der Waals surface area contributed by atoms with E-state index in [0.717, 1.165) is 22.3 Å². The molecule has 0 unspecified atom stereocenters. The predicted molar refractivity (Wildman–Crippen MR) is 198 cm³/mol. The first kappa shape index (κ1) is 27.6. The molecule has 3 heteroatoms. The van der Waals surface area contributed by atoms with Crippen LogP contribution in [0.4, 0.5) is 0 Å². The molecule has 2 aliphatic rings. The van der Waals surface area contributed by atoms with Crippen LogP contribution >= 0.6 is 0 Å². The van der Waals surface area contributed by atoms with Crippen molar-refractivity contribution in [1.29, 1.82) is 0 Å². The molecule has 0 radical (unpaired) electrons. The van der Waals surface area contributed by atoms with Gasteiger partial charge >= 0.3 is 0 Å². The van der Waals surface area contributed by atoms with Crippen molar-refractivity contribution in [3.8, 4) is 67.5 Å². The van der Waals surface area contributed by atoms with Crippen molar-refractivity contribution in [1.82, 2.24) is 15.0 Å². The van der Waals surface area contributed by atoms with E-state index < -0.39 is 5.41 Å². The second-order valence-corrected chi connectivity index (χ2v) is 12.8. The Morgan fingerprint density at radius 3 is 1.14 bits per heavy atom. The first-order chi connectivity index (χ1) is 24.3. The van der Waals surface area contributed by atoms with Crippen LogP contribution < -0.4 is 0 Å². The SMILES string of the molecule is c1ccc(-c2ccc(-c3nc(-c4ccccc4)nc(-c4ccc5c(c4)C4(c6ccccc6-c6ccccc64)c4ccccc4-5)n3)cc2)cc1. The third kappa shape index (κ3) is 4.12. The monoisotopic (exact) mass is 623 g/mol. The van der Waals surface area contributed by atoms with Crippen LogP contribution in [0.5, 0.6) is 0 Å². The third-order valence-electron chi connectivity index (χ3n) is 10.2. The zero-order valence-corrected chi connectivity index (χ0v) is 26.6. The first-order valence-electron chi connectivity index (χ1n) is 16.7. The van der Waals surface area contributed by atoms with Crippen molar-refractivity contribution in [3.05, 3.63) is 198 Å². The van der Waals surface area contributed by atoms with Crippen molar-refractivity contribution in [2.45, 2.75) is 5.41 Å². The number of hydrogen-bond donors (Lipinski definition) is 0. The highest BCUT2D eigenvalue weighted by Crippen LogP contribution is 2.62. The Balaban J connectivity index is 1.18. The first-order valence-corrected chi connectivity index (χ1v) is 16.7. The third-order valence-corrected chi connectivity index (χ3v) is 10.2. The van der Waals surface area contributed by atoms with Gasteiger partial charge in [0.25, 0.3) is 0 Å². The number of hydrogen-bond acceptors (Lipinski definition) is 3. The van der Waals surface area contributed by atoms with E-state index in [1.54, 1.807) is 0 Å². The maximum absolute atomic E-state index is 5.16. The van der Waals surface area contributed by atoms with Gasteiger partial charge in [-0.05, 0) is 61.7 Å². The minimum absolute atomic E-state index is 0.430. The van der Waals surface area contributed by atoms with Crippen LogP contribution in [0.1, 0.15) is 22.3 Å². The Labute approximate surface area is 285 Å². The summed E-state index contributed by atoms with van der Waals surface area (Å²) in [6.45, 7) is 0. The highest BCUT2D eigenvalue weighted by molar-refractivity contribution is 5.95. The summed E-state index contributed by atoms with van der Waals surface area (Å²) in [6, 6.07) is 62.6. The van der Waals surface area contributed by atoms with Gasteiger partial charge in [0.05, 0.1) is 5.41 Å². The summed E-state index contributed by atoms with van der Waals surface area (Å²) in [6.07, 6.45) is 0. The van der Waals surface area contributed by atoms with Gasteiger partial charge in [0.15, 0.2) is 17.5 Å². The molecule has 0 atom stereocenters. The average molecular weight is 624 g/mol. The van der Waals surface area contributed by atoms with Gasteiger partial charge in [-0.25, -0.2) is 15.0 Å². The number of fused-ring (bicyclic) bond motifs is 10. The molecule has 0 amide bonds. The normalized spacial score (nSPS) is 13.1. The summed E-state index contributed by atoms with van der Waals surface area (Å²) < 4.78 is 0. The van der Waals surface area contributed by atoms with E-state index in [1.165, 1.54) is 50.1 Å². The van der Waals surface area contributed by atoms with E-state index in [4.69, 9.17) is 15.0 Å². The molecule has 2 aliphatic carbocycles. The summed E-state index contributed by atoms with van der Waals surface area (Å²) in [4.78, 5) is 15.3. The summed E-state index contributed by atoms with van der Waals surface area (Å²) in [7, 11) is 0. The summed E-state index contributed by atoms with van der Waals surface area (Å²) in [5.41, 5.74) is 15.1. The lowest BCUT2D eigenvalue weighted by Gasteiger charge is -2.30. The fourth-order valence-corrected chi connectivity index (χ4v) is 8.03. The molecule has 0 bridgehead atoms. The lowest BCUT2D eigenvalue weighted by Crippen LogP contribution is -2.25. The van der Waals surface area contributed by atoms with Gasteiger partial charge in [-0.2, -0.15) is 0 Å². The highest BCUT2D eigenvalue weighted by atomic mass is 15.0. The zero-order valence-electron chi connectivity index (χ0n) is 26.6. The molecule has 228 valence electrons. The van der Waals surface area contributed by atoms with Gasteiger partial charge in [-0.1, -0.05) is 170 Å². The fourth-order valence-electron chi connectivity index (χ4n) is 8.03. The van der Waals surface area contributed by atoms with E-state index in [2.05, 4.69) is 152 Å². The molecule has 0 aliphatic heterocycles. The lowest BCUT2D eigenvalue weighted by atomic mass is 9.70. The summed E-state index contributed by atoms with van der Waals surface area (Å²) >= 11 is 0. The quantitative estimate of drug-likeness (QED) is 0.196. The molecule has 1 heterocycles. The van der Waals surface area contributed by atoms with Crippen LogP contribution in [-0.2, 0) is 5.41 Å². The molecule has 10 rings (SSSR count). The van der Waals surface area contributed by atoms with Crippen LogP contribution in [0.3, 0.4) is 0 Å². The van der Waals surface area contributed by atoms with Gasteiger partial charge in [-0.15, -0.1) is 0 Å². The van der Waals surface area contributed by atoms with Crippen LogP contribution in [0.15, 0.2) is 176 Å². The molecule has 7 aromatic carbocycles. The maximum Gasteiger partial charge on any atom is 0.164 e. The van der Waals surface area contributed by atoms with Crippen molar-refractivity contribution in [2.24, 2.45) is 0 Å². The van der Waals surface area contributed by atoms with Gasteiger partial charge in [0.2, 0.25) is 0 Å². The summed E-state index contributed by atoms with van der Waals surface area (Å²) in [5, 5.41) is 0. The Morgan fingerprint density at radius 1 is 0.265 bits per heavy atom. The molecule has 1 aromatic heterocycles. The van der Waals surface area contributed by atoms with Gasteiger partial charge < -0.3 is 0 Å².